The molecular formula is C30H31N7. The number of nitriles is 1. The van der Waals surface area contributed by atoms with Gasteiger partial charge in [-0.05, 0) is 58.7 Å². The van der Waals surface area contributed by atoms with Crippen LogP contribution in [0.15, 0.2) is 78.9 Å². The summed E-state index contributed by atoms with van der Waals surface area (Å²) >= 11 is 0. The van der Waals surface area contributed by atoms with E-state index in [4.69, 9.17) is 0 Å². The third-order valence-corrected chi connectivity index (χ3v) is 6.97. The first-order chi connectivity index (χ1) is 18.1. The van der Waals surface area contributed by atoms with Gasteiger partial charge in [-0.1, -0.05) is 72.8 Å². The SMILES string of the molecule is Cc1cccc(C)c1-n1nnnc1[C@@H](c1cccc(C#N)c1)N1CCN(C/C=C/c2ccccc2)CC1. The maximum Gasteiger partial charge on any atom is 0.178 e. The number of benzene rings is 3. The van der Waals surface area contributed by atoms with Gasteiger partial charge in [0.2, 0.25) is 0 Å². The van der Waals surface area contributed by atoms with E-state index in [2.05, 4.69) is 106 Å². The number of para-hydroxylation sites is 1. The molecule has 1 aliphatic rings. The zero-order valence-corrected chi connectivity index (χ0v) is 21.3. The molecule has 0 amide bonds. The van der Waals surface area contributed by atoms with Gasteiger partial charge in [0.15, 0.2) is 5.82 Å². The van der Waals surface area contributed by atoms with Crippen LogP contribution in [0, 0.1) is 25.2 Å². The van der Waals surface area contributed by atoms with E-state index in [1.54, 1.807) is 0 Å². The summed E-state index contributed by atoms with van der Waals surface area (Å²) in [5.74, 6) is 0.768. The molecule has 1 aliphatic heterocycles. The van der Waals surface area contributed by atoms with E-state index >= 15 is 0 Å². The van der Waals surface area contributed by atoms with Crippen molar-refractivity contribution in [3.05, 3.63) is 113 Å². The van der Waals surface area contributed by atoms with Gasteiger partial charge in [0, 0.05) is 32.7 Å². The van der Waals surface area contributed by atoms with E-state index in [1.165, 1.54) is 5.56 Å². The Morgan fingerprint density at radius 2 is 1.65 bits per heavy atom. The number of tetrazole rings is 1. The van der Waals surface area contributed by atoms with Gasteiger partial charge in [-0.3, -0.25) is 9.80 Å². The van der Waals surface area contributed by atoms with E-state index in [1.807, 2.05) is 28.9 Å². The molecule has 5 rings (SSSR count). The third-order valence-electron chi connectivity index (χ3n) is 6.97. The van der Waals surface area contributed by atoms with Crippen molar-refractivity contribution >= 4 is 6.08 Å². The lowest BCUT2D eigenvalue weighted by Gasteiger charge is -2.38. The molecule has 7 heteroatoms. The number of aromatic nitrogens is 4. The number of piperazine rings is 1. The van der Waals surface area contributed by atoms with Crippen molar-refractivity contribution in [2.75, 3.05) is 32.7 Å². The second kappa shape index (κ2) is 11.3. The topological polar surface area (TPSA) is 73.9 Å². The van der Waals surface area contributed by atoms with Gasteiger partial charge in [-0.2, -0.15) is 9.94 Å². The van der Waals surface area contributed by atoms with Crippen molar-refractivity contribution in [3.8, 4) is 11.8 Å². The van der Waals surface area contributed by atoms with Crippen molar-refractivity contribution in [3.63, 3.8) is 0 Å². The van der Waals surface area contributed by atoms with Crippen molar-refractivity contribution in [2.24, 2.45) is 0 Å². The average Bonchev–Trinajstić information content (AvgIpc) is 3.39. The lowest BCUT2D eigenvalue weighted by Crippen LogP contribution is -2.48. The molecule has 186 valence electrons. The highest BCUT2D eigenvalue weighted by Crippen LogP contribution is 2.31. The van der Waals surface area contributed by atoms with Crippen LogP contribution in [0.2, 0.25) is 0 Å². The summed E-state index contributed by atoms with van der Waals surface area (Å²) < 4.78 is 1.88. The van der Waals surface area contributed by atoms with Crippen LogP contribution >= 0.6 is 0 Å². The zero-order chi connectivity index (χ0) is 25.6. The van der Waals surface area contributed by atoms with Gasteiger partial charge in [0.25, 0.3) is 0 Å². The van der Waals surface area contributed by atoms with Gasteiger partial charge >= 0.3 is 0 Å². The zero-order valence-electron chi connectivity index (χ0n) is 21.3. The Morgan fingerprint density at radius 3 is 2.38 bits per heavy atom. The highest BCUT2D eigenvalue weighted by molar-refractivity contribution is 5.49. The molecule has 0 bridgehead atoms. The Balaban J connectivity index is 1.41. The molecule has 3 aromatic carbocycles. The Labute approximate surface area is 218 Å². The molecule has 0 unspecified atom stereocenters. The van der Waals surface area contributed by atoms with Crippen LogP contribution in [0.5, 0.6) is 0 Å². The van der Waals surface area contributed by atoms with E-state index in [0.717, 1.165) is 60.9 Å². The molecule has 0 aliphatic carbocycles. The monoisotopic (exact) mass is 489 g/mol. The minimum Gasteiger partial charge on any atom is -0.297 e. The predicted molar refractivity (Wildman–Crippen MR) is 145 cm³/mol. The van der Waals surface area contributed by atoms with Crippen LogP contribution in [0.3, 0.4) is 0 Å². The lowest BCUT2D eigenvalue weighted by atomic mass is 10.0. The molecule has 37 heavy (non-hydrogen) atoms. The minimum atomic E-state index is -0.163. The molecule has 1 fully saturated rings. The largest absolute Gasteiger partial charge is 0.297 e. The summed E-state index contributed by atoms with van der Waals surface area (Å²) in [6.07, 6.45) is 4.42. The maximum atomic E-state index is 9.57. The molecule has 2 heterocycles. The third kappa shape index (κ3) is 5.51. The predicted octanol–water partition coefficient (Wildman–Crippen LogP) is 4.57. The highest BCUT2D eigenvalue weighted by atomic mass is 15.6. The summed E-state index contributed by atoms with van der Waals surface area (Å²) in [7, 11) is 0. The van der Waals surface area contributed by atoms with E-state index in [9.17, 15) is 5.26 Å². The van der Waals surface area contributed by atoms with Crippen LogP contribution in [0.25, 0.3) is 11.8 Å². The number of aryl methyl sites for hydroxylation is 2. The highest BCUT2D eigenvalue weighted by Gasteiger charge is 2.31. The van der Waals surface area contributed by atoms with Gasteiger partial charge in [-0.25, -0.2) is 0 Å². The fourth-order valence-electron chi connectivity index (χ4n) is 5.07. The number of rotatable bonds is 7. The Hall–Kier alpha value is -4.12. The standard InChI is InChI=1S/C30H31N7/c1-23-9-6-10-24(2)28(23)37-30(32-33-34-37)29(27-15-7-13-26(21-27)22-31)36-19-17-35(18-20-36)16-8-14-25-11-4-3-5-12-25/h3-15,21,29H,16-20H2,1-2H3/b14-8+/t29-/m1/s1. The molecule has 0 spiro atoms. The summed E-state index contributed by atoms with van der Waals surface area (Å²) in [5.41, 5.74) is 6.13. The lowest BCUT2D eigenvalue weighted by molar-refractivity contribution is 0.113. The number of hydrogen-bond acceptors (Lipinski definition) is 6. The van der Waals surface area contributed by atoms with Crippen molar-refractivity contribution in [2.45, 2.75) is 19.9 Å². The van der Waals surface area contributed by atoms with Gasteiger partial charge in [0.05, 0.1) is 23.4 Å². The van der Waals surface area contributed by atoms with Gasteiger partial charge in [0.1, 0.15) is 0 Å². The van der Waals surface area contributed by atoms with Crippen molar-refractivity contribution in [1.29, 1.82) is 5.26 Å². The van der Waals surface area contributed by atoms with E-state index in [0.29, 0.717) is 5.56 Å². The Morgan fingerprint density at radius 1 is 0.919 bits per heavy atom. The molecule has 0 N–H and O–H groups in total. The van der Waals surface area contributed by atoms with Crippen LogP contribution < -0.4 is 0 Å². The van der Waals surface area contributed by atoms with Crippen molar-refractivity contribution in [1.82, 2.24) is 30.0 Å². The first-order valence-electron chi connectivity index (χ1n) is 12.7. The van der Waals surface area contributed by atoms with Crippen molar-refractivity contribution < 1.29 is 0 Å². The first-order valence-corrected chi connectivity index (χ1v) is 12.7. The molecule has 1 saturated heterocycles. The summed E-state index contributed by atoms with van der Waals surface area (Å²) in [5, 5.41) is 22.6. The second-order valence-corrected chi connectivity index (χ2v) is 9.48. The fraction of sp³-hybridized carbons (Fsp3) is 0.267. The molecule has 1 aromatic heterocycles. The fourth-order valence-corrected chi connectivity index (χ4v) is 5.07. The average molecular weight is 490 g/mol. The van der Waals surface area contributed by atoms with E-state index < -0.39 is 0 Å². The van der Waals surface area contributed by atoms with E-state index in [-0.39, 0.29) is 6.04 Å². The smallest absolute Gasteiger partial charge is 0.178 e. The Bertz CT molecular complexity index is 1390. The molecular weight excluding hydrogens is 458 g/mol. The number of nitrogens with zero attached hydrogens (tertiary/aromatic N) is 7. The summed E-state index contributed by atoms with van der Waals surface area (Å²) in [4.78, 5) is 4.90. The van der Waals surface area contributed by atoms with Gasteiger partial charge in [-0.15, -0.1) is 5.10 Å². The van der Waals surface area contributed by atoms with Crippen LogP contribution in [0.4, 0.5) is 0 Å². The number of hydrogen-bond donors (Lipinski definition) is 0. The van der Waals surface area contributed by atoms with Gasteiger partial charge < -0.3 is 0 Å². The molecule has 1 atom stereocenters. The van der Waals surface area contributed by atoms with Crippen LogP contribution in [-0.2, 0) is 0 Å². The molecule has 4 aromatic rings. The quantitative estimate of drug-likeness (QED) is 0.379. The maximum absolute atomic E-state index is 9.57. The molecule has 7 nitrogen and oxygen atoms in total. The minimum absolute atomic E-state index is 0.163. The molecule has 0 radical (unpaired) electrons. The summed E-state index contributed by atoms with van der Waals surface area (Å²) in [6.45, 7) is 8.72. The summed E-state index contributed by atoms with van der Waals surface area (Å²) in [6, 6.07) is 26.6. The normalized spacial score (nSPS) is 15.6. The Kier molecular flexibility index (Phi) is 7.50. The van der Waals surface area contributed by atoms with Crippen LogP contribution in [0.1, 0.15) is 39.7 Å². The second-order valence-electron chi connectivity index (χ2n) is 9.48. The molecule has 0 saturated carbocycles. The first kappa shape index (κ1) is 24.6. The van der Waals surface area contributed by atoms with Crippen LogP contribution in [-0.4, -0.2) is 62.7 Å².